The van der Waals surface area contributed by atoms with Crippen LogP contribution in [-0.4, -0.2) is 33.9 Å². The van der Waals surface area contributed by atoms with Gasteiger partial charge in [0.2, 0.25) is 11.6 Å². The first-order valence-corrected chi connectivity index (χ1v) is 8.07. The molecule has 4 amide bonds. The minimum absolute atomic E-state index is 0.0882. The third kappa shape index (κ3) is 2.18. The van der Waals surface area contributed by atoms with Gasteiger partial charge in [0.05, 0.1) is 22.3 Å². The summed E-state index contributed by atoms with van der Waals surface area (Å²) in [5, 5.41) is 6.97. The van der Waals surface area contributed by atoms with E-state index in [-0.39, 0.29) is 22.3 Å². The molecule has 0 spiro atoms. The van der Waals surface area contributed by atoms with Gasteiger partial charge >= 0.3 is 0 Å². The van der Waals surface area contributed by atoms with Crippen LogP contribution in [0.4, 0.5) is 20.4 Å². The Labute approximate surface area is 159 Å². The highest BCUT2D eigenvalue weighted by atomic mass is 19.1. The van der Waals surface area contributed by atoms with Crippen molar-refractivity contribution in [2.75, 3.05) is 9.80 Å². The van der Waals surface area contributed by atoms with Crippen molar-refractivity contribution in [3.8, 4) is 0 Å². The fourth-order valence-corrected chi connectivity index (χ4v) is 3.27. The summed E-state index contributed by atoms with van der Waals surface area (Å²) in [6.07, 6.45) is 0. The molecule has 29 heavy (non-hydrogen) atoms. The molecule has 142 valence electrons. The maximum Gasteiger partial charge on any atom is 0.267 e. The summed E-state index contributed by atoms with van der Waals surface area (Å²) < 4.78 is 31.5. The van der Waals surface area contributed by atoms with E-state index in [4.69, 9.17) is 0 Å². The number of hydrogen-bond donors (Lipinski definition) is 0. The molecule has 3 heterocycles. The van der Waals surface area contributed by atoms with Gasteiger partial charge in [0.1, 0.15) is 11.6 Å². The number of halogens is 2. The number of aromatic nitrogens is 2. The molecule has 2 aliphatic heterocycles. The van der Waals surface area contributed by atoms with Gasteiger partial charge in [-0.2, -0.15) is 0 Å². The summed E-state index contributed by atoms with van der Waals surface area (Å²) in [7, 11) is 0. The summed E-state index contributed by atoms with van der Waals surface area (Å²) in [5.74, 6) is -6.07. The third-order valence-electron chi connectivity index (χ3n) is 4.58. The predicted molar refractivity (Wildman–Crippen MR) is 89.4 cm³/mol. The molecule has 1 aromatic heterocycles. The molecule has 0 saturated heterocycles. The van der Waals surface area contributed by atoms with Crippen molar-refractivity contribution in [3.63, 3.8) is 0 Å². The molecular weight excluding hydrogens is 390 g/mol. The predicted octanol–water partition coefficient (Wildman–Crippen LogP) is 1.95. The number of imide groups is 2. The zero-order valence-corrected chi connectivity index (χ0v) is 14.1. The van der Waals surface area contributed by atoms with Crippen molar-refractivity contribution < 1.29 is 32.6 Å². The molecule has 2 aromatic carbocycles. The topological polar surface area (TPSA) is 114 Å². The number of fused-ring (bicyclic) bond motifs is 2. The van der Waals surface area contributed by atoms with Gasteiger partial charge < -0.3 is 0 Å². The van der Waals surface area contributed by atoms with Crippen LogP contribution in [0.3, 0.4) is 0 Å². The summed E-state index contributed by atoms with van der Waals surface area (Å²) in [5.41, 5.74) is -0.605. The molecule has 0 N–H and O–H groups in total. The zero-order chi connectivity index (χ0) is 20.4. The number of hydrogen-bond acceptors (Lipinski definition) is 7. The molecule has 0 aliphatic carbocycles. The van der Waals surface area contributed by atoms with Gasteiger partial charge in [0.25, 0.3) is 23.6 Å². The molecule has 0 fully saturated rings. The van der Waals surface area contributed by atoms with Crippen molar-refractivity contribution in [1.29, 1.82) is 0 Å². The molecule has 0 bridgehead atoms. The van der Waals surface area contributed by atoms with Crippen molar-refractivity contribution >= 4 is 35.3 Å². The first kappa shape index (κ1) is 16.9. The van der Waals surface area contributed by atoms with E-state index in [0.717, 1.165) is 36.4 Å². The number of nitrogens with zero attached hydrogens (tertiary/aromatic N) is 4. The van der Waals surface area contributed by atoms with Gasteiger partial charge in [-0.3, -0.25) is 19.2 Å². The van der Waals surface area contributed by atoms with Crippen molar-refractivity contribution in [3.05, 3.63) is 70.3 Å². The number of rotatable bonds is 2. The van der Waals surface area contributed by atoms with Gasteiger partial charge in [0.15, 0.2) is 0 Å². The molecule has 5 rings (SSSR count). The van der Waals surface area contributed by atoms with Crippen LogP contribution in [0.15, 0.2) is 41.0 Å². The normalized spacial score (nSPS) is 15.4. The van der Waals surface area contributed by atoms with E-state index < -0.39 is 46.9 Å². The summed E-state index contributed by atoms with van der Waals surface area (Å²) in [4.78, 5) is 51.6. The number of carbonyl (C=O) groups excluding carboxylic acids is 4. The lowest BCUT2D eigenvalue weighted by atomic mass is 10.1. The molecule has 0 saturated carbocycles. The lowest BCUT2D eigenvalue weighted by molar-refractivity contribution is 0.0902. The standard InChI is InChI=1S/C18H6F2N4O5/c19-7-1-3-9-11(5-7)17(27)23(15(9)25)13-14(22-29-21-13)24-16(26)10-4-2-8(20)6-12(10)18(24)28/h1-6H. The largest absolute Gasteiger partial charge is 0.268 e. The minimum Gasteiger partial charge on any atom is -0.268 e. The Morgan fingerprint density at radius 2 is 1.00 bits per heavy atom. The van der Waals surface area contributed by atoms with E-state index in [1.165, 1.54) is 0 Å². The fourth-order valence-electron chi connectivity index (χ4n) is 3.27. The Morgan fingerprint density at radius 1 is 0.621 bits per heavy atom. The minimum atomic E-state index is -0.927. The summed E-state index contributed by atoms with van der Waals surface area (Å²) >= 11 is 0. The van der Waals surface area contributed by atoms with Gasteiger partial charge in [-0.1, -0.05) is 0 Å². The monoisotopic (exact) mass is 396 g/mol. The zero-order valence-electron chi connectivity index (χ0n) is 14.1. The molecule has 11 heteroatoms. The maximum atomic E-state index is 13.5. The summed E-state index contributed by atoms with van der Waals surface area (Å²) in [6, 6.07) is 6.04. The van der Waals surface area contributed by atoms with Gasteiger partial charge in [-0.05, 0) is 46.7 Å². The van der Waals surface area contributed by atoms with E-state index in [1.54, 1.807) is 0 Å². The van der Waals surface area contributed by atoms with E-state index >= 15 is 0 Å². The molecule has 9 nitrogen and oxygen atoms in total. The van der Waals surface area contributed by atoms with Gasteiger partial charge in [-0.25, -0.2) is 23.2 Å². The van der Waals surface area contributed by atoms with E-state index in [1.807, 2.05) is 0 Å². The van der Waals surface area contributed by atoms with Crippen LogP contribution in [0, 0.1) is 11.6 Å². The van der Waals surface area contributed by atoms with Crippen LogP contribution in [0.5, 0.6) is 0 Å². The fraction of sp³-hybridized carbons (Fsp3) is 0. The second-order valence-corrected chi connectivity index (χ2v) is 6.18. The highest BCUT2D eigenvalue weighted by molar-refractivity contribution is 6.38. The van der Waals surface area contributed by atoms with Gasteiger partial charge in [0, 0.05) is 0 Å². The van der Waals surface area contributed by atoms with Crippen LogP contribution in [0.2, 0.25) is 0 Å². The van der Waals surface area contributed by atoms with Crippen LogP contribution in [0.25, 0.3) is 0 Å². The van der Waals surface area contributed by atoms with E-state index in [9.17, 15) is 28.0 Å². The Hall–Kier alpha value is -4.28. The van der Waals surface area contributed by atoms with Gasteiger partial charge in [-0.15, -0.1) is 0 Å². The molecular formula is C18H6F2N4O5. The van der Waals surface area contributed by atoms with Crippen LogP contribution < -0.4 is 9.80 Å². The van der Waals surface area contributed by atoms with E-state index in [2.05, 4.69) is 14.9 Å². The van der Waals surface area contributed by atoms with Crippen molar-refractivity contribution in [1.82, 2.24) is 10.3 Å². The van der Waals surface area contributed by atoms with Crippen LogP contribution in [0.1, 0.15) is 41.4 Å². The summed E-state index contributed by atoms with van der Waals surface area (Å²) in [6.45, 7) is 0. The Bertz CT molecular complexity index is 1190. The number of benzene rings is 2. The second-order valence-electron chi connectivity index (χ2n) is 6.18. The molecule has 3 aromatic rings. The molecule has 0 radical (unpaired) electrons. The Kier molecular flexibility index (Phi) is 3.26. The average molecular weight is 396 g/mol. The lowest BCUT2D eigenvalue weighted by Crippen LogP contribution is -2.35. The number of carbonyl (C=O) groups is 4. The number of amides is 4. The second kappa shape index (κ2) is 5.61. The van der Waals surface area contributed by atoms with Crippen LogP contribution in [-0.2, 0) is 0 Å². The maximum absolute atomic E-state index is 13.5. The average Bonchev–Trinajstić information content (AvgIpc) is 3.31. The smallest absolute Gasteiger partial charge is 0.267 e. The highest BCUT2D eigenvalue weighted by Gasteiger charge is 2.46. The highest BCUT2D eigenvalue weighted by Crippen LogP contribution is 2.36. The first-order valence-electron chi connectivity index (χ1n) is 8.07. The first-order chi connectivity index (χ1) is 13.9. The van der Waals surface area contributed by atoms with E-state index in [0.29, 0.717) is 9.80 Å². The van der Waals surface area contributed by atoms with Crippen molar-refractivity contribution in [2.45, 2.75) is 0 Å². The molecule has 0 unspecified atom stereocenters. The van der Waals surface area contributed by atoms with Crippen molar-refractivity contribution in [2.24, 2.45) is 0 Å². The number of anilines is 2. The Balaban J connectivity index is 1.60. The molecule has 0 atom stereocenters. The van der Waals surface area contributed by atoms with Crippen LogP contribution >= 0.6 is 0 Å². The Morgan fingerprint density at radius 3 is 1.41 bits per heavy atom. The SMILES string of the molecule is O=C1c2ccc(F)cc2C(=O)N1c1nonc1N1C(=O)c2ccc(F)cc2C1=O. The molecule has 2 aliphatic rings. The third-order valence-corrected chi connectivity index (χ3v) is 4.58. The quantitative estimate of drug-likeness (QED) is 0.608. The lowest BCUT2D eigenvalue weighted by Gasteiger charge is -2.15.